The molecular formula is C25H25N3. The van der Waals surface area contributed by atoms with Gasteiger partial charge in [-0.3, -0.25) is 0 Å². The SMILES string of the molecule is Cc1nc2ccc(-c3ccc(-c4cccc(CNCC5CC5)c4)cc3)cc2[nH]1. The molecule has 28 heavy (non-hydrogen) atoms. The number of H-pyrrole nitrogens is 1. The molecule has 0 radical (unpaired) electrons. The van der Waals surface area contributed by atoms with Crippen molar-refractivity contribution >= 4 is 11.0 Å². The van der Waals surface area contributed by atoms with Crippen LogP contribution in [0.2, 0.25) is 0 Å². The highest BCUT2D eigenvalue weighted by Crippen LogP contribution is 2.29. The molecule has 4 aromatic rings. The molecule has 1 saturated carbocycles. The summed E-state index contributed by atoms with van der Waals surface area (Å²) in [7, 11) is 0. The zero-order valence-corrected chi connectivity index (χ0v) is 16.2. The van der Waals surface area contributed by atoms with Gasteiger partial charge in [0.15, 0.2) is 0 Å². The summed E-state index contributed by atoms with van der Waals surface area (Å²) in [6.07, 6.45) is 2.79. The first-order valence-corrected chi connectivity index (χ1v) is 10.1. The molecule has 2 N–H and O–H groups in total. The average molecular weight is 367 g/mol. The molecule has 0 spiro atoms. The highest BCUT2D eigenvalue weighted by atomic mass is 14.9. The molecule has 3 aromatic carbocycles. The van der Waals surface area contributed by atoms with Crippen molar-refractivity contribution in [2.75, 3.05) is 6.54 Å². The highest BCUT2D eigenvalue weighted by Gasteiger charge is 2.20. The van der Waals surface area contributed by atoms with Gasteiger partial charge in [0.25, 0.3) is 0 Å². The van der Waals surface area contributed by atoms with Crippen molar-refractivity contribution < 1.29 is 0 Å². The van der Waals surface area contributed by atoms with Gasteiger partial charge in [-0.1, -0.05) is 48.5 Å². The molecular weight excluding hydrogens is 342 g/mol. The number of rotatable bonds is 6. The Morgan fingerprint density at radius 1 is 0.893 bits per heavy atom. The number of hydrogen-bond donors (Lipinski definition) is 2. The van der Waals surface area contributed by atoms with Crippen molar-refractivity contribution in [3.05, 3.63) is 78.1 Å². The van der Waals surface area contributed by atoms with E-state index in [-0.39, 0.29) is 0 Å². The van der Waals surface area contributed by atoms with Crippen LogP contribution in [0.5, 0.6) is 0 Å². The van der Waals surface area contributed by atoms with Gasteiger partial charge in [0.1, 0.15) is 5.82 Å². The molecule has 5 rings (SSSR count). The van der Waals surface area contributed by atoms with Crippen molar-refractivity contribution in [1.29, 1.82) is 0 Å². The van der Waals surface area contributed by atoms with Crippen molar-refractivity contribution in [3.8, 4) is 22.3 Å². The molecule has 1 fully saturated rings. The largest absolute Gasteiger partial charge is 0.342 e. The maximum Gasteiger partial charge on any atom is 0.104 e. The van der Waals surface area contributed by atoms with E-state index in [2.05, 4.69) is 82.0 Å². The first-order chi connectivity index (χ1) is 13.7. The fourth-order valence-electron chi connectivity index (χ4n) is 3.78. The summed E-state index contributed by atoms with van der Waals surface area (Å²) in [6.45, 7) is 4.09. The van der Waals surface area contributed by atoms with E-state index in [1.807, 2.05) is 6.92 Å². The standard InChI is InChI=1S/C25H25N3/c1-17-27-24-12-11-23(14-25(24)28-17)21-9-7-20(8-10-21)22-4-2-3-19(13-22)16-26-15-18-5-6-18/h2-4,7-14,18,26H,5-6,15-16H2,1H3,(H,27,28). The molecule has 0 saturated heterocycles. The van der Waals surface area contributed by atoms with Crippen molar-refractivity contribution in [2.24, 2.45) is 5.92 Å². The molecule has 0 bridgehead atoms. The number of nitrogens with zero attached hydrogens (tertiary/aromatic N) is 1. The Morgan fingerprint density at radius 2 is 1.61 bits per heavy atom. The average Bonchev–Trinajstić information content (AvgIpc) is 3.47. The van der Waals surface area contributed by atoms with Gasteiger partial charge in [0.05, 0.1) is 11.0 Å². The molecule has 1 aromatic heterocycles. The van der Waals surface area contributed by atoms with E-state index >= 15 is 0 Å². The number of fused-ring (bicyclic) bond motifs is 1. The van der Waals surface area contributed by atoms with Crippen LogP contribution < -0.4 is 5.32 Å². The lowest BCUT2D eigenvalue weighted by Crippen LogP contribution is -2.15. The Hall–Kier alpha value is -2.91. The molecule has 0 aliphatic heterocycles. The third-order valence-electron chi connectivity index (χ3n) is 5.54. The quantitative estimate of drug-likeness (QED) is 0.458. The van der Waals surface area contributed by atoms with E-state index in [1.54, 1.807) is 0 Å². The zero-order chi connectivity index (χ0) is 18.9. The molecule has 0 unspecified atom stereocenters. The Labute approximate surface area is 165 Å². The number of hydrogen-bond acceptors (Lipinski definition) is 2. The number of aromatic nitrogens is 2. The lowest BCUT2D eigenvalue weighted by molar-refractivity contribution is 0.639. The molecule has 0 atom stereocenters. The van der Waals surface area contributed by atoms with Gasteiger partial charge in [0, 0.05) is 6.54 Å². The fraction of sp³-hybridized carbons (Fsp3) is 0.240. The molecule has 1 aliphatic carbocycles. The van der Waals surface area contributed by atoms with Crippen LogP contribution in [0.25, 0.3) is 33.3 Å². The number of aromatic amines is 1. The second-order valence-electron chi connectivity index (χ2n) is 7.91. The Balaban J connectivity index is 1.35. The monoisotopic (exact) mass is 367 g/mol. The van der Waals surface area contributed by atoms with Gasteiger partial charge in [-0.15, -0.1) is 0 Å². The molecule has 1 heterocycles. The smallest absolute Gasteiger partial charge is 0.104 e. The summed E-state index contributed by atoms with van der Waals surface area (Å²) < 4.78 is 0. The van der Waals surface area contributed by atoms with Crippen molar-refractivity contribution in [2.45, 2.75) is 26.3 Å². The molecule has 3 nitrogen and oxygen atoms in total. The number of aryl methyl sites for hydroxylation is 1. The van der Waals surface area contributed by atoms with Crippen LogP contribution >= 0.6 is 0 Å². The Kier molecular flexibility index (Phi) is 4.46. The number of benzene rings is 3. The van der Waals surface area contributed by atoms with Crippen LogP contribution in [0.15, 0.2) is 66.7 Å². The first-order valence-electron chi connectivity index (χ1n) is 10.1. The highest BCUT2D eigenvalue weighted by molar-refractivity contribution is 5.82. The minimum absolute atomic E-state index is 0.917. The number of imidazole rings is 1. The minimum Gasteiger partial charge on any atom is -0.342 e. The summed E-state index contributed by atoms with van der Waals surface area (Å²) in [4.78, 5) is 7.81. The first kappa shape index (κ1) is 17.2. The zero-order valence-electron chi connectivity index (χ0n) is 16.2. The van der Waals surface area contributed by atoms with Crippen LogP contribution in [-0.2, 0) is 6.54 Å². The second kappa shape index (κ2) is 7.25. The van der Waals surface area contributed by atoms with Crippen LogP contribution in [0.1, 0.15) is 24.2 Å². The Bertz CT molecular complexity index is 1100. The normalized spacial score (nSPS) is 13.9. The van der Waals surface area contributed by atoms with Crippen molar-refractivity contribution in [3.63, 3.8) is 0 Å². The second-order valence-corrected chi connectivity index (χ2v) is 7.91. The van der Waals surface area contributed by atoms with E-state index in [0.717, 1.165) is 35.9 Å². The summed E-state index contributed by atoms with van der Waals surface area (Å²) in [5.41, 5.74) is 8.42. The summed E-state index contributed by atoms with van der Waals surface area (Å²) in [6, 6.07) is 24.1. The third-order valence-corrected chi connectivity index (χ3v) is 5.54. The van der Waals surface area contributed by atoms with E-state index in [4.69, 9.17) is 0 Å². The molecule has 3 heteroatoms. The predicted octanol–water partition coefficient (Wildman–Crippen LogP) is 5.70. The van der Waals surface area contributed by atoms with Gasteiger partial charge in [-0.05, 0) is 78.2 Å². The molecule has 1 aliphatic rings. The summed E-state index contributed by atoms with van der Waals surface area (Å²) >= 11 is 0. The number of nitrogens with one attached hydrogen (secondary N) is 2. The van der Waals surface area contributed by atoms with E-state index < -0.39 is 0 Å². The predicted molar refractivity (Wildman–Crippen MR) is 116 cm³/mol. The van der Waals surface area contributed by atoms with Crippen molar-refractivity contribution in [1.82, 2.24) is 15.3 Å². The fourth-order valence-corrected chi connectivity index (χ4v) is 3.78. The molecule has 140 valence electrons. The summed E-state index contributed by atoms with van der Waals surface area (Å²) in [5.74, 6) is 1.87. The lowest BCUT2D eigenvalue weighted by atomic mass is 9.99. The van der Waals surface area contributed by atoms with Gasteiger partial charge in [0.2, 0.25) is 0 Å². The van der Waals surface area contributed by atoms with Crippen LogP contribution in [-0.4, -0.2) is 16.5 Å². The van der Waals surface area contributed by atoms with E-state index in [1.165, 1.54) is 40.7 Å². The van der Waals surface area contributed by atoms with E-state index in [0.29, 0.717) is 0 Å². The minimum atomic E-state index is 0.917. The summed E-state index contributed by atoms with van der Waals surface area (Å²) in [5, 5.41) is 3.58. The lowest BCUT2D eigenvalue weighted by Gasteiger charge is -2.08. The topological polar surface area (TPSA) is 40.7 Å². The maximum atomic E-state index is 4.48. The third kappa shape index (κ3) is 3.71. The van der Waals surface area contributed by atoms with Crippen LogP contribution in [0.3, 0.4) is 0 Å². The van der Waals surface area contributed by atoms with Gasteiger partial charge in [-0.25, -0.2) is 4.98 Å². The Morgan fingerprint density at radius 3 is 2.36 bits per heavy atom. The van der Waals surface area contributed by atoms with Gasteiger partial charge in [-0.2, -0.15) is 0 Å². The molecule has 0 amide bonds. The maximum absolute atomic E-state index is 4.48. The van der Waals surface area contributed by atoms with Crippen LogP contribution in [0, 0.1) is 12.8 Å². The van der Waals surface area contributed by atoms with Crippen LogP contribution in [0.4, 0.5) is 0 Å². The van der Waals surface area contributed by atoms with Gasteiger partial charge >= 0.3 is 0 Å². The van der Waals surface area contributed by atoms with E-state index in [9.17, 15) is 0 Å². The van der Waals surface area contributed by atoms with Gasteiger partial charge < -0.3 is 10.3 Å².